The van der Waals surface area contributed by atoms with Gasteiger partial charge in [-0.15, -0.1) is 0 Å². The van der Waals surface area contributed by atoms with Gasteiger partial charge in [0.1, 0.15) is 0 Å². The Morgan fingerprint density at radius 2 is 1.69 bits per heavy atom. The number of anilines is 2. The zero-order valence-corrected chi connectivity index (χ0v) is 21.6. The van der Waals surface area contributed by atoms with Crippen molar-refractivity contribution in [3.8, 4) is 0 Å². The van der Waals surface area contributed by atoms with Gasteiger partial charge in [-0.25, -0.2) is 0 Å². The lowest BCUT2D eigenvalue weighted by Gasteiger charge is -2.36. The van der Waals surface area contributed by atoms with Gasteiger partial charge in [0.05, 0.1) is 12.2 Å². The summed E-state index contributed by atoms with van der Waals surface area (Å²) in [5, 5.41) is 2.91. The van der Waals surface area contributed by atoms with E-state index in [1.165, 1.54) is 6.26 Å². The Kier molecular flexibility index (Phi) is 8.74. The summed E-state index contributed by atoms with van der Waals surface area (Å²) in [4.78, 5) is 30.5. The van der Waals surface area contributed by atoms with Crippen molar-refractivity contribution in [2.24, 2.45) is 5.92 Å². The maximum absolute atomic E-state index is 14.0. The first kappa shape index (κ1) is 26.1. The van der Waals surface area contributed by atoms with Crippen LogP contribution in [0, 0.1) is 5.92 Å². The highest BCUT2D eigenvalue weighted by Crippen LogP contribution is 2.30. The fourth-order valence-electron chi connectivity index (χ4n) is 4.23. The third-order valence-corrected chi connectivity index (χ3v) is 6.55. The van der Waals surface area contributed by atoms with Gasteiger partial charge in [0.15, 0.2) is 5.76 Å². The number of carbonyl (C=O) groups is 2. The lowest BCUT2D eigenvalue weighted by atomic mass is 9.92. The number of hydrogen-bond donors (Lipinski definition) is 1. The van der Waals surface area contributed by atoms with Crippen molar-refractivity contribution in [1.29, 1.82) is 0 Å². The molecule has 0 fully saturated rings. The summed E-state index contributed by atoms with van der Waals surface area (Å²) in [6.45, 7) is 8.89. The standard InChI is InChI=1S/C29H37N3O3/c1-7-25(22-12-9-8-10-13-22)29(34)32(21(4)20(2)3)19-23-18-24(15-16-26(23)31(5)6)30-28(33)27-14-11-17-35-27/h8-18,20-21,25H,7,19H2,1-6H3,(H,30,33)/t21-,25+/m0/s1. The lowest BCUT2D eigenvalue weighted by Crippen LogP contribution is -2.43. The molecule has 1 heterocycles. The predicted molar refractivity (Wildman–Crippen MR) is 142 cm³/mol. The minimum atomic E-state index is -0.308. The number of carbonyl (C=O) groups excluding carboxylic acids is 2. The fraction of sp³-hybridized carbons (Fsp3) is 0.379. The summed E-state index contributed by atoms with van der Waals surface area (Å²) >= 11 is 0. The van der Waals surface area contributed by atoms with Crippen LogP contribution in [0.1, 0.15) is 61.7 Å². The maximum Gasteiger partial charge on any atom is 0.291 e. The maximum atomic E-state index is 14.0. The first-order chi connectivity index (χ1) is 16.7. The Balaban J connectivity index is 1.96. The van der Waals surface area contributed by atoms with E-state index in [0.29, 0.717) is 12.2 Å². The van der Waals surface area contributed by atoms with E-state index in [0.717, 1.165) is 23.2 Å². The average molecular weight is 476 g/mol. The molecule has 2 atom stereocenters. The first-order valence-corrected chi connectivity index (χ1v) is 12.2. The van der Waals surface area contributed by atoms with E-state index in [2.05, 4.69) is 33.0 Å². The Labute approximate surface area is 208 Å². The van der Waals surface area contributed by atoms with Gasteiger partial charge in [0.2, 0.25) is 5.91 Å². The minimum Gasteiger partial charge on any atom is -0.459 e. The largest absolute Gasteiger partial charge is 0.459 e. The Morgan fingerprint density at radius 1 is 0.971 bits per heavy atom. The second kappa shape index (κ2) is 11.7. The number of amides is 2. The van der Waals surface area contributed by atoms with E-state index in [1.807, 2.05) is 72.4 Å². The van der Waals surface area contributed by atoms with Gasteiger partial charge in [-0.2, -0.15) is 0 Å². The van der Waals surface area contributed by atoms with Crippen molar-refractivity contribution in [2.75, 3.05) is 24.3 Å². The second-order valence-electron chi connectivity index (χ2n) is 9.49. The highest BCUT2D eigenvalue weighted by atomic mass is 16.3. The van der Waals surface area contributed by atoms with Gasteiger partial charge in [-0.1, -0.05) is 51.1 Å². The fourth-order valence-corrected chi connectivity index (χ4v) is 4.23. The minimum absolute atomic E-state index is 0.0386. The van der Waals surface area contributed by atoms with Crippen LogP contribution in [0.2, 0.25) is 0 Å². The number of furan rings is 1. The van der Waals surface area contributed by atoms with Crippen LogP contribution in [0.4, 0.5) is 11.4 Å². The Bertz CT molecular complexity index is 1110. The number of benzene rings is 2. The Hall–Kier alpha value is -3.54. The zero-order chi connectivity index (χ0) is 25.5. The molecule has 0 radical (unpaired) electrons. The summed E-state index contributed by atoms with van der Waals surface area (Å²) in [5.74, 6) is 0.146. The van der Waals surface area contributed by atoms with Gasteiger partial charge in [0, 0.05) is 38.1 Å². The predicted octanol–water partition coefficient (Wildman–Crippen LogP) is 6.16. The van der Waals surface area contributed by atoms with E-state index in [9.17, 15) is 9.59 Å². The third kappa shape index (κ3) is 6.32. The molecule has 0 saturated heterocycles. The molecule has 186 valence electrons. The van der Waals surface area contributed by atoms with E-state index in [4.69, 9.17) is 4.42 Å². The van der Waals surface area contributed by atoms with Crippen LogP contribution >= 0.6 is 0 Å². The van der Waals surface area contributed by atoms with Crippen molar-refractivity contribution >= 4 is 23.2 Å². The van der Waals surface area contributed by atoms with Crippen molar-refractivity contribution < 1.29 is 14.0 Å². The summed E-state index contributed by atoms with van der Waals surface area (Å²) < 4.78 is 5.22. The zero-order valence-electron chi connectivity index (χ0n) is 21.6. The molecule has 2 amide bonds. The lowest BCUT2D eigenvalue weighted by molar-refractivity contribution is -0.136. The molecule has 0 aliphatic rings. The van der Waals surface area contributed by atoms with Gasteiger partial charge in [0.25, 0.3) is 5.91 Å². The molecule has 6 nitrogen and oxygen atoms in total. The Morgan fingerprint density at radius 3 is 2.26 bits per heavy atom. The quantitative estimate of drug-likeness (QED) is 0.381. The molecule has 0 aliphatic carbocycles. The molecular formula is C29H37N3O3. The molecule has 3 aromatic rings. The number of nitrogens with one attached hydrogen (secondary N) is 1. The van der Waals surface area contributed by atoms with Gasteiger partial charge < -0.3 is 19.5 Å². The average Bonchev–Trinajstić information content (AvgIpc) is 3.38. The van der Waals surface area contributed by atoms with Gasteiger partial charge in [-0.3, -0.25) is 9.59 Å². The van der Waals surface area contributed by atoms with Crippen molar-refractivity contribution in [2.45, 2.75) is 52.6 Å². The van der Waals surface area contributed by atoms with Crippen LogP contribution in [0.5, 0.6) is 0 Å². The molecule has 0 bridgehead atoms. The molecule has 2 aromatic carbocycles. The summed E-state index contributed by atoms with van der Waals surface area (Å²) in [6, 6.07) is 19.1. The highest BCUT2D eigenvalue weighted by Gasteiger charge is 2.30. The molecule has 0 spiro atoms. The summed E-state index contributed by atoms with van der Waals surface area (Å²) in [6.07, 6.45) is 2.20. The van der Waals surface area contributed by atoms with E-state index in [1.54, 1.807) is 12.1 Å². The molecular weight excluding hydrogens is 438 g/mol. The second-order valence-corrected chi connectivity index (χ2v) is 9.49. The molecule has 1 aromatic heterocycles. The SMILES string of the molecule is CC[C@@H](C(=O)N(Cc1cc(NC(=O)c2ccco2)ccc1N(C)C)[C@@H](C)C(C)C)c1ccccc1. The van der Waals surface area contributed by atoms with E-state index >= 15 is 0 Å². The molecule has 0 saturated carbocycles. The summed E-state index contributed by atoms with van der Waals surface area (Å²) in [7, 11) is 3.97. The van der Waals surface area contributed by atoms with Crippen LogP contribution in [-0.2, 0) is 11.3 Å². The van der Waals surface area contributed by atoms with Crippen LogP contribution in [0.25, 0.3) is 0 Å². The smallest absolute Gasteiger partial charge is 0.291 e. The molecule has 3 rings (SSSR count). The van der Waals surface area contributed by atoms with Gasteiger partial charge >= 0.3 is 0 Å². The third-order valence-electron chi connectivity index (χ3n) is 6.55. The summed E-state index contributed by atoms with van der Waals surface area (Å²) in [5.41, 5.74) is 3.67. The molecule has 0 unspecified atom stereocenters. The topological polar surface area (TPSA) is 65.8 Å². The van der Waals surface area contributed by atoms with Crippen molar-refractivity contribution in [3.63, 3.8) is 0 Å². The van der Waals surface area contributed by atoms with Crippen molar-refractivity contribution in [1.82, 2.24) is 4.90 Å². The van der Waals surface area contributed by atoms with Crippen LogP contribution < -0.4 is 10.2 Å². The van der Waals surface area contributed by atoms with Gasteiger partial charge in [-0.05, 0) is 60.7 Å². The molecule has 1 N–H and O–H groups in total. The first-order valence-electron chi connectivity index (χ1n) is 12.2. The van der Waals surface area contributed by atoms with E-state index < -0.39 is 0 Å². The number of nitrogens with zero attached hydrogens (tertiary/aromatic N) is 2. The van der Waals surface area contributed by atoms with Crippen LogP contribution in [0.15, 0.2) is 71.3 Å². The number of hydrogen-bond acceptors (Lipinski definition) is 4. The number of rotatable bonds is 10. The highest BCUT2D eigenvalue weighted by molar-refractivity contribution is 6.02. The van der Waals surface area contributed by atoms with E-state index in [-0.39, 0.29) is 35.5 Å². The molecule has 0 aliphatic heterocycles. The van der Waals surface area contributed by atoms with Crippen molar-refractivity contribution in [3.05, 3.63) is 83.8 Å². The normalized spacial score (nSPS) is 12.8. The van der Waals surface area contributed by atoms with Crippen LogP contribution in [-0.4, -0.2) is 36.9 Å². The molecule has 6 heteroatoms. The monoisotopic (exact) mass is 475 g/mol. The molecule has 35 heavy (non-hydrogen) atoms. The van der Waals surface area contributed by atoms with Crippen LogP contribution in [0.3, 0.4) is 0 Å².